The highest BCUT2D eigenvalue weighted by Gasteiger charge is 2.02. The molecule has 3 nitrogen and oxygen atoms in total. The Morgan fingerprint density at radius 1 is 1.32 bits per heavy atom. The van der Waals surface area contributed by atoms with Crippen molar-refractivity contribution in [1.29, 1.82) is 0 Å². The highest BCUT2D eigenvalue weighted by Crippen LogP contribution is 2.12. The second-order valence-corrected chi connectivity index (χ2v) is 4.29. The van der Waals surface area contributed by atoms with Crippen molar-refractivity contribution in [2.75, 3.05) is 6.61 Å². The molecule has 0 saturated heterocycles. The molecule has 0 aliphatic carbocycles. The monoisotopic (exact) mass is 273 g/mol. The van der Waals surface area contributed by atoms with Gasteiger partial charge in [-0.05, 0) is 36.4 Å². The first kappa shape index (κ1) is 13.4. The number of hydrogen-bond acceptors (Lipinski definition) is 3. The minimum atomic E-state index is 0.501. The van der Waals surface area contributed by atoms with E-state index in [0.29, 0.717) is 18.1 Å². The maximum Gasteiger partial charge on any atom is 0.122 e. The lowest BCUT2D eigenvalue weighted by molar-refractivity contribution is 0.363. The molecule has 0 unspecified atom stereocenters. The van der Waals surface area contributed by atoms with Gasteiger partial charge in [0.15, 0.2) is 0 Å². The van der Waals surface area contributed by atoms with E-state index in [1.165, 1.54) is 0 Å². The number of thiocarbonyl (C=S) groups is 1. The lowest BCUT2D eigenvalue weighted by Gasteiger charge is -2.08. The maximum atomic E-state index is 5.41. The summed E-state index contributed by atoms with van der Waals surface area (Å²) in [5.74, 6) is 1.66. The third-order valence-electron chi connectivity index (χ3n) is 2.49. The SMILES string of the molecule is C=CCOc1ccc(C(=S)NCc2ccco2)cc1. The first-order valence-corrected chi connectivity index (χ1v) is 6.35. The number of ether oxygens (including phenoxy) is 1. The van der Waals surface area contributed by atoms with Crippen LogP contribution in [0.2, 0.25) is 0 Å². The van der Waals surface area contributed by atoms with Gasteiger partial charge in [-0.3, -0.25) is 0 Å². The van der Waals surface area contributed by atoms with Crippen molar-refractivity contribution in [3.05, 3.63) is 66.6 Å². The smallest absolute Gasteiger partial charge is 0.122 e. The summed E-state index contributed by atoms with van der Waals surface area (Å²) < 4.78 is 10.6. The van der Waals surface area contributed by atoms with Crippen molar-refractivity contribution in [2.45, 2.75) is 6.54 Å². The molecule has 0 saturated carbocycles. The van der Waals surface area contributed by atoms with E-state index < -0.39 is 0 Å². The summed E-state index contributed by atoms with van der Waals surface area (Å²) in [7, 11) is 0. The standard InChI is InChI=1S/C15H15NO2S/c1-2-9-17-13-7-5-12(6-8-13)15(19)16-11-14-4-3-10-18-14/h2-8,10H,1,9,11H2,(H,16,19). The van der Waals surface area contributed by atoms with Gasteiger partial charge in [-0.15, -0.1) is 0 Å². The van der Waals surface area contributed by atoms with Gasteiger partial charge in [-0.25, -0.2) is 0 Å². The third kappa shape index (κ3) is 3.96. The Kier molecular flexibility index (Phi) is 4.75. The van der Waals surface area contributed by atoms with E-state index in [0.717, 1.165) is 17.1 Å². The van der Waals surface area contributed by atoms with Crippen LogP contribution in [0.25, 0.3) is 0 Å². The summed E-state index contributed by atoms with van der Waals surface area (Å²) in [4.78, 5) is 0.687. The van der Waals surface area contributed by atoms with Crippen molar-refractivity contribution in [3.8, 4) is 5.75 Å². The number of furan rings is 1. The largest absolute Gasteiger partial charge is 0.490 e. The van der Waals surface area contributed by atoms with Crippen LogP contribution < -0.4 is 10.1 Å². The maximum absolute atomic E-state index is 5.41. The van der Waals surface area contributed by atoms with Crippen molar-refractivity contribution in [2.24, 2.45) is 0 Å². The average Bonchev–Trinajstić information content (AvgIpc) is 2.96. The first-order valence-electron chi connectivity index (χ1n) is 5.94. The molecule has 19 heavy (non-hydrogen) atoms. The number of nitrogens with one attached hydrogen (secondary N) is 1. The van der Waals surface area contributed by atoms with Crippen LogP contribution in [0.3, 0.4) is 0 Å². The topological polar surface area (TPSA) is 34.4 Å². The quantitative estimate of drug-likeness (QED) is 0.647. The van der Waals surface area contributed by atoms with Crippen molar-refractivity contribution in [1.82, 2.24) is 5.32 Å². The van der Waals surface area contributed by atoms with Crippen LogP contribution in [-0.2, 0) is 6.54 Å². The Bertz CT molecular complexity index is 532. The summed E-state index contributed by atoms with van der Waals surface area (Å²) >= 11 is 5.31. The van der Waals surface area contributed by atoms with Crippen LogP contribution in [-0.4, -0.2) is 11.6 Å². The molecule has 0 fully saturated rings. The highest BCUT2D eigenvalue weighted by molar-refractivity contribution is 7.80. The normalized spacial score (nSPS) is 9.89. The van der Waals surface area contributed by atoms with Crippen LogP contribution in [0.15, 0.2) is 59.7 Å². The molecule has 0 bridgehead atoms. The van der Waals surface area contributed by atoms with Gasteiger partial charge in [-0.1, -0.05) is 24.9 Å². The predicted molar refractivity (Wildman–Crippen MR) is 79.4 cm³/mol. The van der Waals surface area contributed by atoms with Crippen molar-refractivity contribution in [3.63, 3.8) is 0 Å². The van der Waals surface area contributed by atoms with E-state index in [1.807, 2.05) is 36.4 Å². The van der Waals surface area contributed by atoms with E-state index in [-0.39, 0.29) is 0 Å². The van der Waals surface area contributed by atoms with E-state index in [2.05, 4.69) is 11.9 Å². The number of rotatable bonds is 6. The fourth-order valence-electron chi connectivity index (χ4n) is 1.54. The van der Waals surface area contributed by atoms with E-state index in [9.17, 15) is 0 Å². The summed E-state index contributed by atoms with van der Waals surface area (Å²) in [6.07, 6.45) is 3.36. The van der Waals surface area contributed by atoms with Crippen LogP contribution in [0.5, 0.6) is 5.75 Å². The minimum absolute atomic E-state index is 0.501. The summed E-state index contributed by atoms with van der Waals surface area (Å²) in [5.41, 5.74) is 0.951. The zero-order valence-corrected chi connectivity index (χ0v) is 11.3. The van der Waals surface area contributed by atoms with E-state index in [4.69, 9.17) is 21.4 Å². The second-order valence-electron chi connectivity index (χ2n) is 3.89. The number of benzene rings is 1. The van der Waals surface area contributed by atoms with E-state index in [1.54, 1.807) is 12.3 Å². The van der Waals surface area contributed by atoms with E-state index >= 15 is 0 Å². The molecule has 1 heterocycles. The highest BCUT2D eigenvalue weighted by atomic mass is 32.1. The summed E-state index contributed by atoms with van der Waals surface area (Å²) in [6, 6.07) is 11.4. The van der Waals surface area contributed by atoms with Gasteiger partial charge in [0.1, 0.15) is 23.1 Å². The molecule has 2 aromatic rings. The van der Waals surface area contributed by atoms with Gasteiger partial charge < -0.3 is 14.5 Å². The predicted octanol–water partition coefficient (Wildman–Crippen LogP) is 3.31. The zero-order valence-electron chi connectivity index (χ0n) is 10.5. The molecule has 0 atom stereocenters. The lowest BCUT2D eigenvalue weighted by Crippen LogP contribution is -2.21. The van der Waals surface area contributed by atoms with Crippen molar-refractivity contribution >= 4 is 17.2 Å². The minimum Gasteiger partial charge on any atom is -0.490 e. The fourth-order valence-corrected chi connectivity index (χ4v) is 1.75. The molecule has 0 spiro atoms. The Balaban J connectivity index is 1.90. The Morgan fingerprint density at radius 3 is 2.74 bits per heavy atom. The molecule has 4 heteroatoms. The molecular formula is C15H15NO2S. The molecule has 0 amide bonds. The van der Waals surface area contributed by atoms with Gasteiger partial charge in [0.2, 0.25) is 0 Å². The first-order chi connectivity index (χ1) is 9.29. The van der Waals surface area contributed by atoms with Gasteiger partial charge in [0.05, 0.1) is 12.8 Å². The average molecular weight is 273 g/mol. The van der Waals surface area contributed by atoms with Crippen LogP contribution in [0.4, 0.5) is 0 Å². The summed E-state index contributed by atoms with van der Waals surface area (Å²) in [6.45, 7) is 4.69. The number of hydrogen-bond donors (Lipinski definition) is 1. The van der Waals surface area contributed by atoms with Crippen molar-refractivity contribution < 1.29 is 9.15 Å². The Hall–Kier alpha value is -2.07. The lowest BCUT2D eigenvalue weighted by atomic mass is 10.2. The van der Waals surface area contributed by atoms with Crippen LogP contribution in [0, 0.1) is 0 Å². The molecule has 0 radical (unpaired) electrons. The second kappa shape index (κ2) is 6.75. The van der Waals surface area contributed by atoms with Crippen LogP contribution >= 0.6 is 12.2 Å². The molecule has 1 aromatic heterocycles. The Labute approximate surface area is 117 Å². The molecule has 1 aromatic carbocycles. The van der Waals surface area contributed by atoms with Gasteiger partial charge >= 0.3 is 0 Å². The van der Waals surface area contributed by atoms with Gasteiger partial charge in [0, 0.05) is 5.56 Å². The molecule has 0 aliphatic rings. The molecule has 0 aliphatic heterocycles. The molecular weight excluding hydrogens is 258 g/mol. The Morgan fingerprint density at radius 2 is 2.11 bits per heavy atom. The van der Waals surface area contributed by atoms with Gasteiger partial charge in [0.25, 0.3) is 0 Å². The fraction of sp³-hybridized carbons (Fsp3) is 0.133. The van der Waals surface area contributed by atoms with Gasteiger partial charge in [-0.2, -0.15) is 0 Å². The zero-order chi connectivity index (χ0) is 13.5. The third-order valence-corrected chi connectivity index (χ3v) is 2.87. The summed E-state index contributed by atoms with van der Waals surface area (Å²) in [5, 5.41) is 3.14. The molecule has 2 rings (SSSR count). The molecule has 98 valence electrons. The molecule has 1 N–H and O–H groups in total. The van der Waals surface area contributed by atoms with Crippen LogP contribution in [0.1, 0.15) is 11.3 Å².